The molecule has 1 fully saturated rings. The number of nitrogens with zero attached hydrogens (tertiary/aromatic N) is 3. The van der Waals surface area contributed by atoms with E-state index in [1.807, 2.05) is 11.8 Å². The number of hydrogen-bond donors (Lipinski definition) is 0. The van der Waals surface area contributed by atoms with Gasteiger partial charge in [-0.3, -0.25) is 9.59 Å². The largest absolute Gasteiger partial charge is 0.339 e. The SMILES string of the molecule is CC(=O)N1CCN(C(=O)c2sc(C(C)(C)C)nc2C)CC1. The van der Waals surface area contributed by atoms with Gasteiger partial charge in [-0.25, -0.2) is 4.98 Å². The number of hydrogen-bond acceptors (Lipinski definition) is 4. The van der Waals surface area contributed by atoms with Crippen LogP contribution < -0.4 is 0 Å². The quantitative estimate of drug-likeness (QED) is 0.798. The highest BCUT2D eigenvalue weighted by Gasteiger charge is 2.28. The van der Waals surface area contributed by atoms with E-state index in [0.717, 1.165) is 15.6 Å². The Balaban J connectivity index is 2.11. The van der Waals surface area contributed by atoms with Crippen molar-refractivity contribution >= 4 is 23.2 Å². The standard InChI is InChI=1S/C15H23N3O2S/c1-10-12(21-14(16-10)15(3,4)5)13(20)18-8-6-17(7-9-18)11(2)19/h6-9H2,1-5H3. The van der Waals surface area contributed by atoms with E-state index >= 15 is 0 Å². The molecule has 1 aliphatic heterocycles. The van der Waals surface area contributed by atoms with Gasteiger partial charge in [0.15, 0.2) is 0 Å². The van der Waals surface area contributed by atoms with Crippen molar-refractivity contribution in [2.75, 3.05) is 26.2 Å². The third-order valence-corrected chi connectivity index (χ3v) is 5.22. The molecule has 116 valence electrons. The van der Waals surface area contributed by atoms with E-state index in [1.165, 1.54) is 11.3 Å². The molecular weight excluding hydrogens is 286 g/mol. The molecule has 0 spiro atoms. The van der Waals surface area contributed by atoms with Gasteiger partial charge in [0, 0.05) is 38.5 Å². The Labute approximate surface area is 130 Å². The Bertz CT molecular complexity index is 552. The third-order valence-electron chi connectivity index (χ3n) is 3.64. The maximum Gasteiger partial charge on any atom is 0.265 e. The molecule has 1 aliphatic rings. The first kappa shape index (κ1) is 15.9. The molecule has 5 nitrogen and oxygen atoms in total. The normalized spacial score (nSPS) is 16.2. The van der Waals surface area contributed by atoms with Gasteiger partial charge in [0.2, 0.25) is 5.91 Å². The molecule has 0 aromatic carbocycles. The summed E-state index contributed by atoms with van der Waals surface area (Å²) in [7, 11) is 0. The molecule has 0 bridgehead atoms. The zero-order valence-corrected chi connectivity index (χ0v) is 14.2. The van der Waals surface area contributed by atoms with Gasteiger partial charge < -0.3 is 9.80 Å². The maximum absolute atomic E-state index is 12.6. The summed E-state index contributed by atoms with van der Waals surface area (Å²) in [6.45, 7) is 12.2. The van der Waals surface area contributed by atoms with Crippen LogP contribution >= 0.6 is 11.3 Å². The summed E-state index contributed by atoms with van der Waals surface area (Å²) in [5.74, 6) is 0.120. The molecule has 1 aromatic rings. The van der Waals surface area contributed by atoms with Crippen LogP contribution in [0.25, 0.3) is 0 Å². The zero-order valence-electron chi connectivity index (χ0n) is 13.4. The first-order chi connectivity index (χ1) is 9.70. The lowest BCUT2D eigenvalue weighted by molar-refractivity contribution is -0.130. The van der Waals surface area contributed by atoms with Crippen molar-refractivity contribution in [3.8, 4) is 0 Å². The second-order valence-electron chi connectivity index (χ2n) is 6.48. The Kier molecular flexibility index (Phi) is 4.37. The van der Waals surface area contributed by atoms with Crippen LogP contribution in [0.5, 0.6) is 0 Å². The number of carbonyl (C=O) groups is 2. The Hall–Kier alpha value is -1.43. The topological polar surface area (TPSA) is 53.5 Å². The van der Waals surface area contributed by atoms with Gasteiger partial charge >= 0.3 is 0 Å². The second kappa shape index (κ2) is 5.75. The molecule has 1 saturated heterocycles. The predicted octanol–water partition coefficient (Wildman–Crippen LogP) is 2.05. The van der Waals surface area contributed by atoms with E-state index in [9.17, 15) is 9.59 Å². The number of aryl methyl sites for hydroxylation is 1. The zero-order chi connectivity index (χ0) is 15.8. The summed E-state index contributed by atoms with van der Waals surface area (Å²) in [5.41, 5.74) is 0.769. The number of carbonyl (C=O) groups excluding carboxylic acids is 2. The van der Waals surface area contributed by atoms with Gasteiger partial charge in [0.25, 0.3) is 5.91 Å². The summed E-state index contributed by atoms with van der Waals surface area (Å²) in [6, 6.07) is 0. The fourth-order valence-corrected chi connectivity index (χ4v) is 3.38. The predicted molar refractivity (Wildman–Crippen MR) is 83.7 cm³/mol. The minimum atomic E-state index is -0.0404. The van der Waals surface area contributed by atoms with Gasteiger partial charge in [-0.1, -0.05) is 20.8 Å². The first-order valence-corrected chi connectivity index (χ1v) is 8.04. The number of aromatic nitrogens is 1. The molecule has 1 aromatic heterocycles. The van der Waals surface area contributed by atoms with Gasteiger partial charge in [-0.15, -0.1) is 11.3 Å². The van der Waals surface area contributed by atoms with Gasteiger partial charge in [0.05, 0.1) is 10.7 Å². The first-order valence-electron chi connectivity index (χ1n) is 7.23. The second-order valence-corrected chi connectivity index (χ2v) is 7.48. The highest BCUT2D eigenvalue weighted by Crippen LogP contribution is 2.30. The fraction of sp³-hybridized carbons (Fsp3) is 0.667. The summed E-state index contributed by atoms with van der Waals surface area (Å²) < 4.78 is 0. The number of thiazole rings is 1. The number of amides is 2. The van der Waals surface area contributed by atoms with Crippen LogP contribution in [0.15, 0.2) is 0 Å². The molecule has 2 rings (SSSR count). The van der Waals surface area contributed by atoms with E-state index in [0.29, 0.717) is 26.2 Å². The molecule has 2 heterocycles. The maximum atomic E-state index is 12.6. The summed E-state index contributed by atoms with van der Waals surface area (Å²) in [4.78, 5) is 32.8. The molecule has 2 amide bonds. The summed E-state index contributed by atoms with van der Waals surface area (Å²) in [5, 5.41) is 0.991. The van der Waals surface area contributed by atoms with Crippen LogP contribution in [0.1, 0.15) is 48.1 Å². The van der Waals surface area contributed by atoms with Crippen molar-refractivity contribution in [3.63, 3.8) is 0 Å². The van der Waals surface area contributed by atoms with Crippen LogP contribution in [0, 0.1) is 6.92 Å². The van der Waals surface area contributed by atoms with Crippen molar-refractivity contribution in [1.29, 1.82) is 0 Å². The molecule has 0 saturated carbocycles. The lowest BCUT2D eigenvalue weighted by Gasteiger charge is -2.34. The van der Waals surface area contributed by atoms with E-state index in [-0.39, 0.29) is 17.2 Å². The molecular formula is C15H23N3O2S. The molecule has 0 aliphatic carbocycles. The van der Waals surface area contributed by atoms with Crippen molar-refractivity contribution < 1.29 is 9.59 Å². The van der Waals surface area contributed by atoms with Gasteiger partial charge in [0.1, 0.15) is 4.88 Å². The average Bonchev–Trinajstić information content (AvgIpc) is 2.80. The molecule has 0 unspecified atom stereocenters. The molecule has 0 radical (unpaired) electrons. The van der Waals surface area contributed by atoms with Gasteiger partial charge in [-0.2, -0.15) is 0 Å². The fourth-order valence-electron chi connectivity index (χ4n) is 2.28. The highest BCUT2D eigenvalue weighted by atomic mass is 32.1. The van der Waals surface area contributed by atoms with Crippen molar-refractivity contribution in [1.82, 2.24) is 14.8 Å². The summed E-state index contributed by atoms with van der Waals surface area (Å²) >= 11 is 1.49. The number of piperazine rings is 1. The van der Waals surface area contributed by atoms with Crippen molar-refractivity contribution in [3.05, 3.63) is 15.6 Å². The molecule has 0 atom stereocenters. The van der Waals surface area contributed by atoms with E-state index in [1.54, 1.807) is 11.8 Å². The van der Waals surface area contributed by atoms with Gasteiger partial charge in [-0.05, 0) is 6.92 Å². The average molecular weight is 309 g/mol. The van der Waals surface area contributed by atoms with Crippen LogP contribution in [0.4, 0.5) is 0 Å². The highest BCUT2D eigenvalue weighted by molar-refractivity contribution is 7.14. The summed E-state index contributed by atoms with van der Waals surface area (Å²) in [6.07, 6.45) is 0. The van der Waals surface area contributed by atoms with Crippen molar-refractivity contribution in [2.45, 2.75) is 40.0 Å². The third kappa shape index (κ3) is 3.43. The van der Waals surface area contributed by atoms with Crippen LogP contribution in [0.2, 0.25) is 0 Å². The lowest BCUT2D eigenvalue weighted by Crippen LogP contribution is -2.50. The Morgan fingerprint density at radius 1 is 1.10 bits per heavy atom. The van der Waals surface area contributed by atoms with E-state index < -0.39 is 0 Å². The van der Waals surface area contributed by atoms with Crippen LogP contribution in [-0.4, -0.2) is 52.8 Å². The minimum absolute atomic E-state index is 0.0404. The number of rotatable bonds is 1. The van der Waals surface area contributed by atoms with Crippen molar-refractivity contribution in [2.24, 2.45) is 0 Å². The van der Waals surface area contributed by atoms with E-state index in [4.69, 9.17) is 0 Å². The monoisotopic (exact) mass is 309 g/mol. The lowest BCUT2D eigenvalue weighted by atomic mass is 9.98. The Morgan fingerprint density at radius 3 is 2.05 bits per heavy atom. The van der Waals surface area contributed by atoms with Crippen LogP contribution in [0.3, 0.4) is 0 Å². The smallest absolute Gasteiger partial charge is 0.265 e. The molecule has 0 N–H and O–H groups in total. The molecule has 6 heteroatoms. The van der Waals surface area contributed by atoms with Crippen LogP contribution in [-0.2, 0) is 10.2 Å². The molecule has 21 heavy (non-hydrogen) atoms. The van der Waals surface area contributed by atoms with E-state index in [2.05, 4.69) is 25.8 Å². The minimum Gasteiger partial charge on any atom is -0.339 e. The Morgan fingerprint density at radius 2 is 1.62 bits per heavy atom.